The lowest BCUT2D eigenvalue weighted by atomic mass is 9.97. The van der Waals surface area contributed by atoms with Crippen LogP contribution in [0.4, 0.5) is 0 Å². The number of ether oxygens (including phenoxy) is 3. The van der Waals surface area contributed by atoms with Crippen LogP contribution in [-0.2, 0) is 17.8 Å². The largest absolute Gasteiger partial charge is 0.493 e. The van der Waals surface area contributed by atoms with Crippen LogP contribution in [0.25, 0.3) is 6.08 Å². The molecule has 0 aromatic heterocycles. The van der Waals surface area contributed by atoms with Crippen LogP contribution in [0.15, 0.2) is 42.5 Å². The van der Waals surface area contributed by atoms with Gasteiger partial charge in [0.1, 0.15) is 5.75 Å². The number of allylic oxidation sites excluding steroid dienone is 1. The summed E-state index contributed by atoms with van der Waals surface area (Å²) < 4.78 is 16.2. The van der Waals surface area contributed by atoms with Crippen LogP contribution >= 0.6 is 0 Å². The maximum Gasteiger partial charge on any atom is 0.258 e. The molecular weight excluding hydrogens is 330 g/mol. The van der Waals surface area contributed by atoms with E-state index in [1.165, 1.54) is 11.1 Å². The number of carbonyl (C=O) groups excluding carboxylic acids is 1. The van der Waals surface area contributed by atoms with Gasteiger partial charge in [-0.15, -0.1) is 0 Å². The first-order valence-corrected chi connectivity index (χ1v) is 8.60. The zero-order valence-corrected chi connectivity index (χ0v) is 15.1. The van der Waals surface area contributed by atoms with Crippen molar-refractivity contribution in [2.45, 2.75) is 19.4 Å². The zero-order chi connectivity index (χ0) is 18.4. The lowest BCUT2D eigenvalue weighted by Crippen LogP contribution is -2.28. The van der Waals surface area contributed by atoms with Gasteiger partial charge in [-0.2, -0.15) is 0 Å². The van der Waals surface area contributed by atoms with E-state index in [0.717, 1.165) is 24.2 Å². The predicted octanol–water partition coefficient (Wildman–Crippen LogP) is 3.36. The Morgan fingerprint density at radius 1 is 1.08 bits per heavy atom. The summed E-state index contributed by atoms with van der Waals surface area (Å²) in [5, 5.41) is 2.86. The van der Waals surface area contributed by atoms with Crippen molar-refractivity contribution >= 4 is 12.0 Å². The quantitative estimate of drug-likeness (QED) is 0.829. The Labute approximate surface area is 153 Å². The topological polar surface area (TPSA) is 56.8 Å². The van der Waals surface area contributed by atoms with E-state index in [0.29, 0.717) is 18.0 Å². The summed E-state index contributed by atoms with van der Waals surface area (Å²) in [6, 6.07) is 11.5. The molecule has 2 aromatic rings. The molecular formula is C21H23NO4. The first kappa shape index (κ1) is 17.9. The molecule has 0 fully saturated rings. The third-order valence-corrected chi connectivity index (χ3v) is 4.32. The SMILES string of the molecule is COc1ccc(CNC(=O)COc2cccc3c2CCC=C3)cc1OC. The van der Waals surface area contributed by atoms with Crippen LogP contribution < -0.4 is 19.5 Å². The van der Waals surface area contributed by atoms with Gasteiger partial charge in [0.2, 0.25) is 0 Å². The van der Waals surface area contributed by atoms with E-state index >= 15 is 0 Å². The number of hydrogen-bond acceptors (Lipinski definition) is 4. The van der Waals surface area contributed by atoms with E-state index in [9.17, 15) is 4.79 Å². The fourth-order valence-electron chi connectivity index (χ4n) is 2.97. The number of carbonyl (C=O) groups is 1. The highest BCUT2D eigenvalue weighted by Crippen LogP contribution is 2.29. The van der Waals surface area contributed by atoms with Gasteiger partial charge in [0, 0.05) is 12.1 Å². The van der Waals surface area contributed by atoms with Crippen molar-refractivity contribution in [3.63, 3.8) is 0 Å². The summed E-state index contributed by atoms with van der Waals surface area (Å²) in [7, 11) is 3.18. The van der Waals surface area contributed by atoms with Gasteiger partial charge in [-0.1, -0.05) is 30.4 Å². The predicted molar refractivity (Wildman–Crippen MR) is 101 cm³/mol. The highest BCUT2D eigenvalue weighted by Gasteiger charge is 2.12. The smallest absolute Gasteiger partial charge is 0.258 e. The van der Waals surface area contributed by atoms with Gasteiger partial charge >= 0.3 is 0 Å². The highest BCUT2D eigenvalue weighted by atomic mass is 16.5. The van der Waals surface area contributed by atoms with E-state index in [1.54, 1.807) is 14.2 Å². The number of nitrogens with one attached hydrogen (secondary N) is 1. The maximum atomic E-state index is 12.1. The monoisotopic (exact) mass is 353 g/mol. The van der Waals surface area contributed by atoms with Gasteiger partial charge in [0.15, 0.2) is 18.1 Å². The molecule has 0 radical (unpaired) electrons. The van der Waals surface area contributed by atoms with Crippen LogP contribution in [0.2, 0.25) is 0 Å². The molecule has 0 aliphatic heterocycles. The van der Waals surface area contributed by atoms with E-state index in [-0.39, 0.29) is 12.5 Å². The van der Waals surface area contributed by atoms with Crippen molar-refractivity contribution in [2.24, 2.45) is 0 Å². The molecule has 1 amide bonds. The molecule has 0 heterocycles. The first-order chi connectivity index (χ1) is 12.7. The van der Waals surface area contributed by atoms with Crippen molar-refractivity contribution in [1.29, 1.82) is 0 Å². The molecule has 3 rings (SSSR count). The molecule has 1 N–H and O–H groups in total. The van der Waals surface area contributed by atoms with Gasteiger partial charge in [0.05, 0.1) is 14.2 Å². The molecule has 0 spiro atoms. The molecule has 5 heteroatoms. The minimum atomic E-state index is -0.163. The number of fused-ring (bicyclic) bond motifs is 1. The van der Waals surface area contributed by atoms with Gasteiger partial charge in [-0.25, -0.2) is 0 Å². The Bertz CT molecular complexity index is 814. The molecule has 136 valence electrons. The Morgan fingerprint density at radius 2 is 1.92 bits per heavy atom. The molecule has 0 atom stereocenters. The van der Waals surface area contributed by atoms with E-state index in [2.05, 4.69) is 23.5 Å². The molecule has 2 aromatic carbocycles. The molecule has 0 bridgehead atoms. The Hall–Kier alpha value is -2.95. The van der Waals surface area contributed by atoms with Crippen molar-refractivity contribution < 1.29 is 19.0 Å². The Morgan fingerprint density at radius 3 is 2.73 bits per heavy atom. The molecule has 1 aliphatic carbocycles. The summed E-state index contributed by atoms with van der Waals surface area (Å²) in [5.41, 5.74) is 3.26. The number of methoxy groups -OCH3 is 2. The molecule has 5 nitrogen and oxygen atoms in total. The normalized spacial score (nSPS) is 12.2. The standard InChI is InChI=1S/C21H23NO4/c1-24-19-11-10-15(12-20(19)25-2)13-22-21(23)14-26-18-9-5-7-16-6-3-4-8-17(16)18/h3,5-7,9-12H,4,8,13-14H2,1-2H3,(H,22,23). The lowest BCUT2D eigenvalue weighted by molar-refractivity contribution is -0.123. The fourth-order valence-corrected chi connectivity index (χ4v) is 2.97. The van der Waals surface area contributed by atoms with Gasteiger partial charge in [0.25, 0.3) is 5.91 Å². The molecule has 26 heavy (non-hydrogen) atoms. The van der Waals surface area contributed by atoms with Crippen LogP contribution in [0.1, 0.15) is 23.1 Å². The summed E-state index contributed by atoms with van der Waals surface area (Å²) in [4.78, 5) is 12.1. The number of rotatable bonds is 7. The average molecular weight is 353 g/mol. The zero-order valence-electron chi connectivity index (χ0n) is 15.1. The van der Waals surface area contributed by atoms with Crippen molar-refractivity contribution in [3.05, 3.63) is 59.2 Å². The summed E-state index contributed by atoms with van der Waals surface area (Å²) in [6.45, 7) is 0.394. The van der Waals surface area contributed by atoms with Crippen LogP contribution in [0.3, 0.4) is 0 Å². The third kappa shape index (κ3) is 4.17. The lowest BCUT2D eigenvalue weighted by Gasteiger charge is -2.16. The molecule has 0 saturated carbocycles. The van der Waals surface area contributed by atoms with Gasteiger partial charge < -0.3 is 19.5 Å². The van der Waals surface area contributed by atoms with Crippen molar-refractivity contribution in [2.75, 3.05) is 20.8 Å². The van der Waals surface area contributed by atoms with Gasteiger partial charge in [-0.05, 0) is 42.2 Å². The minimum Gasteiger partial charge on any atom is -0.493 e. The Balaban J connectivity index is 1.55. The second-order valence-corrected chi connectivity index (χ2v) is 6.02. The average Bonchev–Trinajstić information content (AvgIpc) is 2.70. The van der Waals surface area contributed by atoms with Crippen molar-refractivity contribution in [3.8, 4) is 17.2 Å². The molecule has 0 saturated heterocycles. The second kappa shape index (κ2) is 8.43. The van der Waals surface area contributed by atoms with Gasteiger partial charge in [-0.3, -0.25) is 4.79 Å². The minimum absolute atomic E-state index is 0.00649. The van der Waals surface area contributed by atoms with E-state index in [4.69, 9.17) is 14.2 Å². The van der Waals surface area contributed by atoms with Crippen LogP contribution in [0.5, 0.6) is 17.2 Å². The summed E-state index contributed by atoms with van der Waals surface area (Å²) in [5.74, 6) is 1.92. The number of benzene rings is 2. The van der Waals surface area contributed by atoms with Crippen molar-refractivity contribution in [1.82, 2.24) is 5.32 Å². The number of hydrogen-bond donors (Lipinski definition) is 1. The summed E-state index contributed by atoms with van der Waals surface area (Å²) in [6.07, 6.45) is 6.19. The fraction of sp³-hybridized carbons (Fsp3) is 0.286. The Kier molecular flexibility index (Phi) is 5.79. The molecule has 1 aliphatic rings. The van der Waals surface area contributed by atoms with Crippen LogP contribution in [-0.4, -0.2) is 26.7 Å². The number of amides is 1. The van der Waals surface area contributed by atoms with Crippen LogP contribution in [0, 0.1) is 0 Å². The van der Waals surface area contributed by atoms with E-state index in [1.807, 2.05) is 30.3 Å². The highest BCUT2D eigenvalue weighted by molar-refractivity contribution is 5.77. The second-order valence-electron chi connectivity index (χ2n) is 6.02. The molecule has 0 unspecified atom stereocenters. The maximum absolute atomic E-state index is 12.1. The summed E-state index contributed by atoms with van der Waals surface area (Å²) >= 11 is 0. The first-order valence-electron chi connectivity index (χ1n) is 8.60. The van der Waals surface area contributed by atoms with E-state index < -0.39 is 0 Å². The third-order valence-electron chi connectivity index (χ3n) is 4.32.